The van der Waals surface area contributed by atoms with Crippen LogP contribution in [-0.2, 0) is 24.2 Å². The Morgan fingerprint density at radius 2 is 2.09 bits per heavy atom. The summed E-state index contributed by atoms with van der Waals surface area (Å²) in [5, 5.41) is 8.17. The van der Waals surface area contributed by atoms with E-state index in [4.69, 9.17) is 0 Å². The molecule has 0 bridgehead atoms. The van der Waals surface area contributed by atoms with Crippen molar-refractivity contribution in [2.45, 2.75) is 38.8 Å². The van der Waals surface area contributed by atoms with Crippen LogP contribution in [0.1, 0.15) is 29.3 Å². The molecule has 1 atom stereocenters. The van der Waals surface area contributed by atoms with Crippen LogP contribution in [0.25, 0.3) is 21.1 Å². The van der Waals surface area contributed by atoms with Gasteiger partial charge in [-0.3, -0.25) is 19.1 Å². The fourth-order valence-corrected chi connectivity index (χ4v) is 5.74. The van der Waals surface area contributed by atoms with E-state index >= 15 is 0 Å². The van der Waals surface area contributed by atoms with Gasteiger partial charge in [0.1, 0.15) is 4.83 Å². The van der Waals surface area contributed by atoms with Crippen molar-refractivity contribution in [1.29, 1.82) is 0 Å². The molecule has 164 valence electrons. The van der Waals surface area contributed by atoms with Crippen molar-refractivity contribution < 1.29 is 4.79 Å². The molecule has 0 radical (unpaired) electrons. The average molecular weight is 448 g/mol. The van der Waals surface area contributed by atoms with Crippen LogP contribution < -0.4 is 16.2 Å². The Labute approximate surface area is 189 Å². The number of nitrogens with zero attached hydrogens (tertiary/aromatic N) is 3. The number of fused-ring (bicyclic) bond motifs is 4. The summed E-state index contributed by atoms with van der Waals surface area (Å²) in [6.07, 6.45) is 6.18. The van der Waals surface area contributed by atoms with Crippen LogP contribution in [0.3, 0.4) is 0 Å². The van der Waals surface area contributed by atoms with Gasteiger partial charge >= 0.3 is 0 Å². The summed E-state index contributed by atoms with van der Waals surface area (Å²) in [6, 6.07) is 10.4. The van der Waals surface area contributed by atoms with E-state index in [1.165, 1.54) is 11.8 Å². The van der Waals surface area contributed by atoms with E-state index in [0.29, 0.717) is 19.1 Å². The number of nitrogens with one attached hydrogen (secondary N) is 2. The van der Waals surface area contributed by atoms with Crippen LogP contribution in [0.2, 0.25) is 0 Å². The third-order valence-corrected chi connectivity index (χ3v) is 7.19. The van der Waals surface area contributed by atoms with Crippen molar-refractivity contribution >= 4 is 38.4 Å². The van der Waals surface area contributed by atoms with E-state index in [1.54, 1.807) is 28.4 Å². The number of para-hydroxylation sites is 1. The van der Waals surface area contributed by atoms with Gasteiger partial charge in [-0.05, 0) is 36.5 Å². The molecule has 7 nitrogen and oxygen atoms in total. The molecule has 0 saturated heterocycles. The minimum absolute atomic E-state index is 0.0103. The fraction of sp³-hybridized carbons (Fsp3) is 0.333. The highest BCUT2D eigenvalue weighted by atomic mass is 32.1. The van der Waals surface area contributed by atoms with Gasteiger partial charge in [0.2, 0.25) is 5.91 Å². The van der Waals surface area contributed by atoms with Crippen molar-refractivity contribution in [3.8, 4) is 0 Å². The molecule has 2 N–H and O–H groups in total. The highest BCUT2D eigenvalue weighted by molar-refractivity contribution is 7.18. The first-order valence-electron chi connectivity index (χ1n) is 10.9. The molecule has 32 heavy (non-hydrogen) atoms. The Morgan fingerprint density at radius 1 is 1.22 bits per heavy atom. The summed E-state index contributed by atoms with van der Waals surface area (Å²) >= 11 is 1.63. The van der Waals surface area contributed by atoms with E-state index in [9.17, 15) is 9.59 Å². The summed E-state index contributed by atoms with van der Waals surface area (Å²) in [5.41, 5.74) is 3.12. The molecule has 8 heteroatoms. The first kappa shape index (κ1) is 20.8. The van der Waals surface area contributed by atoms with Crippen LogP contribution in [0.15, 0.2) is 47.7 Å². The van der Waals surface area contributed by atoms with Crippen LogP contribution in [-0.4, -0.2) is 39.6 Å². The Balaban J connectivity index is 1.39. The van der Waals surface area contributed by atoms with Crippen molar-refractivity contribution in [1.82, 2.24) is 25.2 Å². The Hall–Kier alpha value is -3.10. The number of hydrogen-bond acceptors (Lipinski definition) is 6. The maximum Gasteiger partial charge on any atom is 0.262 e. The number of carbonyl (C=O) groups excluding carboxylic acids is 1. The number of thiophene rings is 1. The Bertz CT molecular complexity index is 1350. The van der Waals surface area contributed by atoms with E-state index < -0.39 is 0 Å². The molecule has 5 rings (SSSR count). The van der Waals surface area contributed by atoms with E-state index in [0.717, 1.165) is 58.1 Å². The number of aryl methyl sites for hydroxylation is 1. The third kappa shape index (κ3) is 4.03. The van der Waals surface area contributed by atoms with Crippen molar-refractivity contribution in [2.75, 3.05) is 13.1 Å². The zero-order valence-electron chi connectivity index (χ0n) is 17.9. The van der Waals surface area contributed by atoms with Crippen LogP contribution in [0, 0.1) is 0 Å². The van der Waals surface area contributed by atoms with Gasteiger partial charge in [0, 0.05) is 42.5 Å². The molecule has 1 amide bonds. The number of pyridine rings is 1. The predicted octanol–water partition coefficient (Wildman–Crippen LogP) is 2.64. The molecule has 3 heterocycles. The normalized spacial score (nSPS) is 15.7. The first-order valence-corrected chi connectivity index (χ1v) is 11.7. The van der Waals surface area contributed by atoms with Crippen molar-refractivity contribution in [3.05, 3.63) is 69.2 Å². The number of hydrogen-bond donors (Lipinski definition) is 2. The zero-order valence-corrected chi connectivity index (χ0v) is 18.7. The Kier molecular flexibility index (Phi) is 5.71. The molecule has 3 aromatic heterocycles. The molecule has 0 aliphatic heterocycles. The second-order valence-electron chi connectivity index (χ2n) is 8.23. The van der Waals surface area contributed by atoms with Gasteiger partial charge in [-0.15, -0.1) is 11.3 Å². The monoisotopic (exact) mass is 447 g/mol. The van der Waals surface area contributed by atoms with Crippen molar-refractivity contribution in [2.24, 2.45) is 0 Å². The van der Waals surface area contributed by atoms with Gasteiger partial charge in [-0.2, -0.15) is 0 Å². The smallest absolute Gasteiger partial charge is 0.262 e. The van der Waals surface area contributed by atoms with E-state index in [1.807, 2.05) is 30.3 Å². The van der Waals surface area contributed by atoms with Gasteiger partial charge < -0.3 is 10.6 Å². The molecule has 0 spiro atoms. The first-order chi connectivity index (χ1) is 15.6. The van der Waals surface area contributed by atoms with Crippen LogP contribution in [0.4, 0.5) is 0 Å². The quantitative estimate of drug-likeness (QED) is 0.444. The predicted molar refractivity (Wildman–Crippen MR) is 127 cm³/mol. The second-order valence-corrected chi connectivity index (χ2v) is 9.31. The fourth-order valence-electron chi connectivity index (χ4n) is 4.48. The standard InChI is InChI=1S/C24H25N5O2S/c1-15(30)25-10-11-26-18-7-8-19-20(12-18)32-23-21(19)24(31)29(14-28-23)13-17-5-2-4-16-6-3-9-27-22(16)17/h2-6,9,14,18,26H,7-8,10-13H2,1H3,(H,25,30). The minimum atomic E-state index is -0.0103. The third-order valence-electron chi connectivity index (χ3n) is 6.02. The average Bonchev–Trinajstić information content (AvgIpc) is 3.17. The molecule has 1 aromatic carbocycles. The maximum absolute atomic E-state index is 13.4. The molecular weight excluding hydrogens is 422 g/mol. The molecule has 1 aliphatic rings. The number of carbonyl (C=O) groups is 1. The van der Waals surface area contributed by atoms with Gasteiger partial charge in [-0.1, -0.05) is 24.3 Å². The van der Waals surface area contributed by atoms with Gasteiger partial charge in [-0.25, -0.2) is 4.98 Å². The highest BCUT2D eigenvalue weighted by Gasteiger charge is 2.25. The summed E-state index contributed by atoms with van der Waals surface area (Å²) in [4.78, 5) is 35.7. The van der Waals surface area contributed by atoms with Gasteiger partial charge in [0.05, 0.1) is 23.8 Å². The Morgan fingerprint density at radius 3 is 2.97 bits per heavy atom. The van der Waals surface area contributed by atoms with Gasteiger partial charge in [0.15, 0.2) is 0 Å². The van der Waals surface area contributed by atoms with Crippen LogP contribution in [0.5, 0.6) is 0 Å². The summed E-state index contributed by atoms with van der Waals surface area (Å²) < 4.78 is 1.70. The maximum atomic E-state index is 13.4. The van der Waals surface area contributed by atoms with Crippen LogP contribution >= 0.6 is 11.3 Å². The van der Waals surface area contributed by atoms with Crippen molar-refractivity contribution in [3.63, 3.8) is 0 Å². The number of rotatable bonds is 6. The summed E-state index contributed by atoms with van der Waals surface area (Å²) in [6.45, 7) is 3.35. The molecule has 4 aromatic rings. The lowest BCUT2D eigenvalue weighted by molar-refractivity contribution is -0.118. The topological polar surface area (TPSA) is 88.9 Å². The molecule has 0 saturated carbocycles. The number of benzene rings is 1. The lowest BCUT2D eigenvalue weighted by atomic mass is 9.93. The second kappa shape index (κ2) is 8.80. The SMILES string of the molecule is CC(=O)NCCNC1CCc2c(sc3ncn(Cc4cccc5cccnc45)c(=O)c23)C1. The number of amides is 1. The number of aromatic nitrogens is 3. The van der Waals surface area contributed by atoms with Gasteiger partial charge in [0.25, 0.3) is 5.56 Å². The zero-order chi connectivity index (χ0) is 22.1. The van der Waals surface area contributed by atoms with E-state index in [-0.39, 0.29) is 11.5 Å². The molecule has 1 unspecified atom stereocenters. The largest absolute Gasteiger partial charge is 0.355 e. The highest BCUT2D eigenvalue weighted by Crippen LogP contribution is 2.33. The minimum Gasteiger partial charge on any atom is -0.355 e. The lowest BCUT2D eigenvalue weighted by Crippen LogP contribution is -2.39. The lowest BCUT2D eigenvalue weighted by Gasteiger charge is -2.23. The van der Waals surface area contributed by atoms with E-state index in [2.05, 4.69) is 20.6 Å². The molecule has 0 fully saturated rings. The summed E-state index contributed by atoms with van der Waals surface area (Å²) in [5.74, 6) is -0.0103. The summed E-state index contributed by atoms with van der Waals surface area (Å²) in [7, 11) is 0. The molecule has 1 aliphatic carbocycles. The molecular formula is C24H25N5O2S.